The Morgan fingerprint density at radius 3 is 2.21 bits per heavy atom. The quantitative estimate of drug-likeness (QED) is 0.608. The maximum Gasteiger partial charge on any atom is 0.0787 e. The highest BCUT2D eigenvalue weighted by atomic mass is 32.2. The second kappa shape index (κ2) is 4.46. The molecule has 3 nitrogen and oxygen atoms in total. The second-order valence-electron chi connectivity index (χ2n) is 2.73. The van der Waals surface area contributed by atoms with Crippen LogP contribution in [0.15, 0.2) is 26.8 Å². The third kappa shape index (κ3) is 2.18. The van der Waals surface area contributed by atoms with Crippen molar-refractivity contribution in [3.63, 3.8) is 0 Å². The molecule has 0 aliphatic heterocycles. The Morgan fingerprint density at radius 1 is 1.21 bits per heavy atom. The zero-order chi connectivity index (χ0) is 10.9. The van der Waals surface area contributed by atoms with Gasteiger partial charge in [0.1, 0.15) is 0 Å². The number of nitrogen functional groups attached to an aromatic ring is 1. The third-order valence-corrected chi connectivity index (χ3v) is 4.23. The van der Waals surface area contributed by atoms with E-state index in [1.54, 1.807) is 12.1 Å². The molecule has 0 saturated carbocycles. The number of nitrogens with two attached hydrogens (primary N) is 1. The summed E-state index contributed by atoms with van der Waals surface area (Å²) in [6.45, 7) is 0. The minimum Gasteiger partial charge on any atom is -0.397 e. The van der Waals surface area contributed by atoms with Crippen LogP contribution in [-0.4, -0.2) is 20.9 Å². The lowest BCUT2D eigenvalue weighted by Crippen LogP contribution is -2.03. The Hall–Kier alpha value is -0.330. The standard InChI is InChI=1S/C8H11NO2S3/c1-13(10)6-4-3-5(12)7(9)8(6)14(2)11/h3-4,12H,9H2,1-2H3. The highest BCUT2D eigenvalue weighted by Crippen LogP contribution is 2.28. The molecule has 78 valence electrons. The van der Waals surface area contributed by atoms with Crippen LogP contribution in [0.4, 0.5) is 5.69 Å². The molecule has 14 heavy (non-hydrogen) atoms. The van der Waals surface area contributed by atoms with Crippen LogP contribution in [0.3, 0.4) is 0 Å². The van der Waals surface area contributed by atoms with E-state index in [0.29, 0.717) is 20.4 Å². The zero-order valence-electron chi connectivity index (χ0n) is 7.81. The normalized spacial score (nSPS) is 15.1. The molecule has 0 spiro atoms. The Bertz CT molecular complexity index is 417. The molecule has 0 aliphatic rings. The van der Waals surface area contributed by atoms with E-state index in [1.165, 1.54) is 12.5 Å². The summed E-state index contributed by atoms with van der Waals surface area (Å²) in [6, 6.07) is 3.30. The number of rotatable bonds is 2. The summed E-state index contributed by atoms with van der Waals surface area (Å²) in [6.07, 6.45) is 3.04. The molecule has 0 heterocycles. The van der Waals surface area contributed by atoms with Crippen molar-refractivity contribution in [3.05, 3.63) is 12.1 Å². The number of hydrogen-bond acceptors (Lipinski definition) is 4. The van der Waals surface area contributed by atoms with Gasteiger partial charge in [0.2, 0.25) is 0 Å². The molecule has 2 atom stereocenters. The number of hydrogen-bond donors (Lipinski definition) is 2. The summed E-state index contributed by atoms with van der Waals surface area (Å²) in [4.78, 5) is 1.50. The lowest BCUT2D eigenvalue weighted by molar-refractivity contribution is 0.678. The van der Waals surface area contributed by atoms with Crippen LogP contribution in [0.2, 0.25) is 0 Å². The molecule has 6 heteroatoms. The Labute approximate surface area is 93.4 Å². The van der Waals surface area contributed by atoms with Crippen LogP contribution in [0.1, 0.15) is 0 Å². The van der Waals surface area contributed by atoms with Gasteiger partial charge in [0, 0.05) is 17.4 Å². The van der Waals surface area contributed by atoms with Gasteiger partial charge in [-0.2, -0.15) is 0 Å². The first-order valence-corrected chi connectivity index (χ1v) is 7.29. The van der Waals surface area contributed by atoms with Gasteiger partial charge in [0.25, 0.3) is 0 Å². The van der Waals surface area contributed by atoms with E-state index >= 15 is 0 Å². The fourth-order valence-corrected chi connectivity index (χ4v) is 3.46. The minimum atomic E-state index is -1.25. The predicted octanol–water partition coefficient (Wildman–Crippen LogP) is 1.03. The van der Waals surface area contributed by atoms with Crippen molar-refractivity contribution in [2.24, 2.45) is 0 Å². The van der Waals surface area contributed by atoms with Gasteiger partial charge in [0.15, 0.2) is 0 Å². The number of anilines is 1. The Kier molecular flexibility index (Phi) is 3.74. The fourth-order valence-electron chi connectivity index (χ4n) is 1.09. The largest absolute Gasteiger partial charge is 0.397 e. The molecule has 0 radical (unpaired) electrons. The second-order valence-corrected chi connectivity index (χ2v) is 5.88. The predicted molar refractivity (Wildman–Crippen MR) is 62.8 cm³/mol. The van der Waals surface area contributed by atoms with Crippen molar-refractivity contribution < 1.29 is 8.42 Å². The molecule has 0 bridgehead atoms. The van der Waals surface area contributed by atoms with Crippen molar-refractivity contribution in [2.45, 2.75) is 14.7 Å². The highest BCUT2D eigenvalue weighted by molar-refractivity contribution is 7.87. The fraction of sp³-hybridized carbons (Fsp3) is 0.250. The van der Waals surface area contributed by atoms with Crippen LogP contribution >= 0.6 is 12.6 Å². The van der Waals surface area contributed by atoms with E-state index < -0.39 is 21.6 Å². The number of benzene rings is 1. The van der Waals surface area contributed by atoms with Crippen molar-refractivity contribution in [1.29, 1.82) is 0 Å². The van der Waals surface area contributed by atoms with Crippen molar-refractivity contribution in [2.75, 3.05) is 18.2 Å². The topological polar surface area (TPSA) is 60.2 Å². The molecule has 2 N–H and O–H groups in total. The van der Waals surface area contributed by atoms with Crippen LogP contribution < -0.4 is 5.73 Å². The first-order valence-electron chi connectivity index (χ1n) is 3.73. The van der Waals surface area contributed by atoms with E-state index in [-0.39, 0.29) is 0 Å². The van der Waals surface area contributed by atoms with Gasteiger partial charge in [-0.1, -0.05) is 0 Å². The lowest BCUT2D eigenvalue weighted by atomic mass is 10.3. The number of thiol groups is 1. The van der Waals surface area contributed by atoms with Gasteiger partial charge in [-0.15, -0.1) is 12.6 Å². The minimum absolute atomic E-state index is 0.349. The van der Waals surface area contributed by atoms with Crippen LogP contribution in [0.5, 0.6) is 0 Å². The smallest absolute Gasteiger partial charge is 0.0787 e. The summed E-state index contributed by atoms with van der Waals surface area (Å²) >= 11 is 4.12. The first-order chi connectivity index (χ1) is 6.45. The van der Waals surface area contributed by atoms with Gasteiger partial charge in [-0.3, -0.25) is 8.42 Å². The summed E-state index contributed by atoms with van der Waals surface area (Å²) < 4.78 is 22.7. The summed E-state index contributed by atoms with van der Waals surface area (Å²) in [5.41, 5.74) is 6.07. The summed E-state index contributed by atoms with van der Waals surface area (Å²) in [5, 5.41) is 0. The molecule has 0 amide bonds. The molecular weight excluding hydrogens is 238 g/mol. The Morgan fingerprint density at radius 2 is 1.79 bits per heavy atom. The van der Waals surface area contributed by atoms with Crippen LogP contribution in [0.25, 0.3) is 0 Å². The monoisotopic (exact) mass is 249 g/mol. The Balaban J connectivity index is 3.53. The van der Waals surface area contributed by atoms with E-state index in [4.69, 9.17) is 5.73 Å². The summed E-state index contributed by atoms with van der Waals surface area (Å²) in [5.74, 6) is 0. The molecule has 1 aromatic rings. The van der Waals surface area contributed by atoms with Gasteiger partial charge >= 0.3 is 0 Å². The van der Waals surface area contributed by atoms with Crippen LogP contribution in [0, 0.1) is 0 Å². The maximum absolute atomic E-state index is 11.4. The highest BCUT2D eigenvalue weighted by Gasteiger charge is 2.14. The van der Waals surface area contributed by atoms with Gasteiger partial charge in [0.05, 0.1) is 37.1 Å². The van der Waals surface area contributed by atoms with Crippen molar-refractivity contribution in [1.82, 2.24) is 0 Å². The third-order valence-electron chi connectivity index (χ3n) is 1.73. The zero-order valence-corrected chi connectivity index (χ0v) is 10.3. The molecule has 0 aliphatic carbocycles. The molecule has 0 fully saturated rings. The maximum atomic E-state index is 11.4. The van der Waals surface area contributed by atoms with E-state index in [1.807, 2.05) is 0 Å². The van der Waals surface area contributed by atoms with Crippen LogP contribution in [-0.2, 0) is 21.6 Å². The molecular formula is C8H11NO2S3. The summed E-state index contributed by atoms with van der Waals surface area (Å²) in [7, 11) is -2.44. The van der Waals surface area contributed by atoms with E-state index in [2.05, 4.69) is 12.6 Å². The van der Waals surface area contributed by atoms with E-state index in [0.717, 1.165) is 0 Å². The molecule has 2 unspecified atom stereocenters. The average molecular weight is 249 g/mol. The van der Waals surface area contributed by atoms with Gasteiger partial charge in [-0.25, -0.2) is 0 Å². The lowest BCUT2D eigenvalue weighted by Gasteiger charge is -2.09. The first kappa shape index (κ1) is 11.7. The van der Waals surface area contributed by atoms with E-state index in [9.17, 15) is 8.42 Å². The molecule has 1 aromatic carbocycles. The average Bonchev–Trinajstić information content (AvgIpc) is 2.08. The van der Waals surface area contributed by atoms with Crippen molar-refractivity contribution in [3.8, 4) is 0 Å². The van der Waals surface area contributed by atoms with Gasteiger partial charge < -0.3 is 5.73 Å². The van der Waals surface area contributed by atoms with Crippen molar-refractivity contribution >= 4 is 39.9 Å². The van der Waals surface area contributed by atoms with Gasteiger partial charge in [-0.05, 0) is 12.1 Å². The SMILES string of the molecule is CS(=O)c1ccc(S)c(N)c1S(C)=O. The molecule has 1 rings (SSSR count). The molecule has 0 aromatic heterocycles. The molecule has 0 saturated heterocycles.